The Morgan fingerprint density at radius 2 is 2.07 bits per heavy atom. The highest BCUT2D eigenvalue weighted by Gasteiger charge is 2.17. The van der Waals surface area contributed by atoms with Gasteiger partial charge < -0.3 is 20.1 Å². The fourth-order valence-corrected chi connectivity index (χ4v) is 3.20. The lowest BCUT2D eigenvalue weighted by molar-refractivity contribution is -0.124. The highest BCUT2D eigenvalue weighted by atomic mass is 35.5. The molecular weight excluding hydrogens is 394 g/mol. The van der Waals surface area contributed by atoms with Crippen molar-refractivity contribution in [2.75, 3.05) is 38.7 Å². The Bertz CT molecular complexity index is 903. The molecule has 154 valence electrons. The van der Waals surface area contributed by atoms with E-state index in [-0.39, 0.29) is 18.4 Å². The number of amides is 2. The topological polar surface area (TPSA) is 79.9 Å². The number of anilines is 1. The summed E-state index contributed by atoms with van der Waals surface area (Å²) < 4.78 is 11.0. The fourth-order valence-electron chi connectivity index (χ4n) is 3.08. The van der Waals surface area contributed by atoms with E-state index in [1.54, 1.807) is 31.4 Å². The minimum Gasteiger partial charge on any atom is -0.493 e. The molecule has 2 aromatic rings. The maximum Gasteiger partial charge on any atom is 0.262 e. The van der Waals surface area contributed by atoms with E-state index in [4.69, 9.17) is 21.1 Å². The standard InChI is InChI=1S/C21H24ClN3O4/c1-14-9-16(4-5-17(14)22)24-21(27)13-29-19-10-15(3-6-18(19)28-2)11-25-8-7-23-20(26)12-25/h3-6,9-10H,7-8,11-13H2,1-2H3,(H,23,26)(H,24,27). The molecule has 29 heavy (non-hydrogen) atoms. The summed E-state index contributed by atoms with van der Waals surface area (Å²) in [6.07, 6.45) is 0. The molecule has 1 aliphatic heterocycles. The molecule has 2 N–H and O–H groups in total. The summed E-state index contributed by atoms with van der Waals surface area (Å²) in [5, 5.41) is 6.24. The molecule has 1 fully saturated rings. The number of hydrogen-bond acceptors (Lipinski definition) is 5. The van der Waals surface area contributed by atoms with Crippen LogP contribution in [-0.4, -0.2) is 50.1 Å². The Balaban J connectivity index is 1.61. The number of carbonyl (C=O) groups excluding carboxylic acids is 2. The molecule has 2 amide bonds. The van der Waals surface area contributed by atoms with E-state index in [1.165, 1.54) is 0 Å². The van der Waals surface area contributed by atoms with Crippen LogP contribution in [0.4, 0.5) is 5.69 Å². The first-order valence-electron chi connectivity index (χ1n) is 9.29. The maximum absolute atomic E-state index is 12.3. The number of methoxy groups -OCH3 is 1. The zero-order valence-electron chi connectivity index (χ0n) is 16.5. The monoisotopic (exact) mass is 417 g/mol. The molecule has 0 bridgehead atoms. The van der Waals surface area contributed by atoms with Crippen molar-refractivity contribution >= 4 is 29.1 Å². The van der Waals surface area contributed by atoms with E-state index in [0.29, 0.717) is 41.8 Å². The van der Waals surface area contributed by atoms with Crippen LogP contribution in [0, 0.1) is 6.92 Å². The molecule has 7 nitrogen and oxygen atoms in total. The summed E-state index contributed by atoms with van der Waals surface area (Å²) in [6, 6.07) is 10.8. The number of halogens is 1. The second-order valence-electron chi connectivity index (χ2n) is 6.85. The van der Waals surface area contributed by atoms with Crippen LogP contribution >= 0.6 is 11.6 Å². The number of rotatable bonds is 7. The third-order valence-corrected chi connectivity index (χ3v) is 4.98. The predicted octanol–water partition coefficient (Wildman–Crippen LogP) is 2.61. The highest BCUT2D eigenvalue weighted by molar-refractivity contribution is 6.31. The van der Waals surface area contributed by atoms with E-state index in [1.807, 2.05) is 19.1 Å². The summed E-state index contributed by atoms with van der Waals surface area (Å²) in [6.45, 7) is 4.12. The molecule has 0 aliphatic carbocycles. The van der Waals surface area contributed by atoms with Crippen molar-refractivity contribution in [1.29, 1.82) is 0 Å². The zero-order chi connectivity index (χ0) is 20.8. The van der Waals surface area contributed by atoms with Gasteiger partial charge in [0.2, 0.25) is 5.91 Å². The Hall–Kier alpha value is -2.77. The zero-order valence-corrected chi connectivity index (χ0v) is 17.2. The molecule has 0 unspecified atom stereocenters. The van der Waals surface area contributed by atoms with E-state index in [2.05, 4.69) is 15.5 Å². The number of hydrogen-bond donors (Lipinski definition) is 2. The summed E-state index contributed by atoms with van der Waals surface area (Å²) >= 11 is 6.01. The Kier molecular flexibility index (Phi) is 6.95. The van der Waals surface area contributed by atoms with Crippen LogP contribution in [0.25, 0.3) is 0 Å². The van der Waals surface area contributed by atoms with Crippen LogP contribution in [0.3, 0.4) is 0 Å². The Labute approximate surface area is 174 Å². The van der Waals surface area contributed by atoms with Gasteiger partial charge in [-0.25, -0.2) is 0 Å². The van der Waals surface area contributed by atoms with Gasteiger partial charge in [0.15, 0.2) is 18.1 Å². The highest BCUT2D eigenvalue weighted by Crippen LogP contribution is 2.29. The molecule has 1 saturated heterocycles. The van der Waals surface area contributed by atoms with Gasteiger partial charge in [0.25, 0.3) is 5.91 Å². The molecule has 8 heteroatoms. The third kappa shape index (κ3) is 5.85. The second kappa shape index (κ2) is 9.62. The summed E-state index contributed by atoms with van der Waals surface area (Å²) in [5.74, 6) is 0.761. The lowest BCUT2D eigenvalue weighted by Crippen LogP contribution is -2.47. The van der Waals surface area contributed by atoms with Gasteiger partial charge in [-0.15, -0.1) is 0 Å². The van der Waals surface area contributed by atoms with Crippen molar-refractivity contribution in [1.82, 2.24) is 10.2 Å². The molecule has 0 atom stereocenters. The number of aryl methyl sites for hydroxylation is 1. The first-order chi connectivity index (χ1) is 13.9. The van der Waals surface area contributed by atoms with Gasteiger partial charge in [-0.1, -0.05) is 17.7 Å². The number of nitrogens with zero attached hydrogens (tertiary/aromatic N) is 1. The van der Waals surface area contributed by atoms with Crippen molar-refractivity contribution in [3.8, 4) is 11.5 Å². The normalized spacial score (nSPS) is 14.2. The summed E-state index contributed by atoms with van der Waals surface area (Å²) in [4.78, 5) is 25.9. The van der Waals surface area contributed by atoms with E-state index < -0.39 is 0 Å². The number of carbonyl (C=O) groups is 2. The Morgan fingerprint density at radius 3 is 2.79 bits per heavy atom. The average Bonchev–Trinajstić information content (AvgIpc) is 2.69. The average molecular weight is 418 g/mol. The van der Waals surface area contributed by atoms with E-state index >= 15 is 0 Å². The lowest BCUT2D eigenvalue weighted by Gasteiger charge is -2.26. The lowest BCUT2D eigenvalue weighted by atomic mass is 10.1. The van der Waals surface area contributed by atoms with Gasteiger partial charge in [0.1, 0.15) is 0 Å². The summed E-state index contributed by atoms with van der Waals surface area (Å²) in [7, 11) is 1.55. The molecule has 1 heterocycles. The van der Waals surface area contributed by atoms with Crippen LogP contribution in [0.15, 0.2) is 36.4 Å². The SMILES string of the molecule is COc1ccc(CN2CCNC(=O)C2)cc1OCC(=O)Nc1ccc(Cl)c(C)c1. The van der Waals surface area contributed by atoms with E-state index in [9.17, 15) is 9.59 Å². The molecule has 2 aromatic carbocycles. The van der Waals surface area contributed by atoms with Crippen LogP contribution < -0.4 is 20.1 Å². The Morgan fingerprint density at radius 1 is 1.24 bits per heavy atom. The van der Waals surface area contributed by atoms with Crippen LogP contribution in [-0.2, 0) is 16.1 Å². The molecule has 0 aromatic heterocycles. The van der Waals surface area contributed by atoms with Crippen molar-refractivity contribution in [3.05, 3.63) is 52.5 Å². The van der Waals surface area contributed by atoms with Crippen LogP contribution in [0.1, 0.15) is 11.1 Å². The van der Waals surface area contributed by atoms with Gasteiger partial charge in [-0.05, 0) is 48.4 Å². The molecular formula is C21H24ClN3O4. The van der Waals surface area contributed by atoms with Crippen LogP contribution in [0.5, 0.6) is 11.5 Å². The molecule has 1 aliphatic rings. The minimum absolute atomic E-state index is 0.0235. The first kappa shape index (κ1) is 21.0. The van der Waals surface area contributed by atoms with Gasteiger partial charge >= 0.3 is 0 Å². The van der Waals surface area contributed by atoms with E-state index in [0.717, 1.165) is 17.7 Å². The van der Waals surface area contributed by atoms with Gasteiger partial charge in [-0.3, -0.25) is 14.5 Å². The van der Waals surface area contributed by atoms with Gasteiger partial charge in [0, 0.05) is 30.3 Å². The van der Waals surface area contributed by atoms with Crippen molar-refractivity contribution in [2.45, 2.75) is 13.5 Å². The smallest absolute Gasteiger partial charge is 0.262 e. The molecule has 0 saturated carbocycles. The van der Waals surface area contributed by atoms with Crippen molar-refractivity contribution < 1.29 is 19.1 Å². The molecule has 0 spiro atoms. The number of piperazine rings is 1. The largest absolute Gasteiger partial charge is 0.493 e. The summed E-state index contributed by atoms with van der Waals surface area (Å²) in [5.41, 5.74) is 2.51. The molecule has 3 rings (SSSR count). The first-order valence-corrected chi connectivity index (χ1v) is 9.67. The second-order valence-corrected chi connectivity index (χ2v) is 7.25. The van der Waals surface area contributed by atoms with Crippen molar-refractivity contribution in [2.24, 2.45) is 0 Å². The number of benzene rings is 2. The quantitative estimate of drug-likeness (QED) is 0.723. The third-order valence-electron chi connectivity index (χ3n) is 4.55. The number of nitrogens with one attached hydrogen (secondary N) is 2. The number of ether oxygens (including phenoxy) is 2. The maximum atomic E-state index is 12.3. The fraction of sp³-hybridized carbons (Fsp3) is 0.333. The van der Waals surface area contributed by atoms with Gasteiger partial charge in [0.05, 0.1) is 13.7 Å². The predicted molar refractivity (Wildman–Crippen MR) is 112 cm³/mol. The molecule has 0 radical (unpaired) electrons. The van der Waals surface area contributed by atoms with Crippen LogP contribution in [0.2, 0.25) is 5.02 Å². The minimum atomic E-state index is -0.285. The van der Waals surface area contributed by atoms with Crippen molar-refractivity contribution in [3.63, 3.8) is 0 Å². The van der Waals surface area contributed by atoms with Gasteiger partial charge in [-0.2, -0.15) is 0 Å².